The van der Waals surface area contributed by atoms with E-state index in [1.807, 2.05) is 233 Å². The molecule has 10 rings (SSSR count). The number of hydrogen-bond acceptors (Lipinski definition) is 11. The van der Waals surface area contributed by atoms with Crippen molar-refractivity contribution in [3.63, 3.8) is 0 Å². The molecule has 69 heavy (non-hydrogen) atoms. The average molecular weight is 930 g/mol. The Morgan fingerprint density at radius 3 is 1.33 bits per heavy atom. The van der Waals surface area contributed by atoms with Crippen LogP contribution in [0, 0.1) is 34.6 Å². The smallest absolute Gasteiger partial charge is 0.116 e. The number of aryl methyl sites for hydroxylation is 5. The molecular formula is C58H79N11. The maximum absolute atomic E-state index is 4.22. The number of pyridine rings is 8. The van der Waals surface area contributed by atoms with E-state index >= 15 is 0 Å². The van der Waals surface area contributed by atoms with Crippen LogP contribution in [0.1, 0.15) is 97.7 Å². The number of benzene rings is 1. The lowest BCUT2D eigenvalue weighted by atomic mass is 10.2. The van der Waals surface area contributed by atoms with Crippen LogP contribution in [-0.2, 0) is 0 Å². The maximum atomic E-state index is 4.22. The third-order valence-corrected chi connectivity index (χ3v) is 8.71. The van der Waals surface area contributed by atoms with Crippen molar-refractivity contribution in [1.82, 2.24) is 54.7 Å². The molecular weight excluding hydrogens is 851 g/mol. The highest BCUT2D eigenvalue weighted by Crippen LogP contribution is 2.16. The lowest BCUT2D eigenvalue weighted by Gasteiger charge is -1.97. The van der Waals surface area contributed by atoms with Crippen molar-refractivity contribution in [3.8, 4) is 0 Å². The topological polar surface area (TPSA) is 132 Å². The van der Waals surface area contributed by atoms with E-state index in [-0.39, 0.29) is 0 Å². The Bertz CT molecular complexity index is 2390. The van der Waals surface area contributed by atoms with Crippen molar-refractivity contribution < 1.29 is 0 Å². The quantitative estimate of drug-likeness (QED) is 0.144. The van der Waals surface area contributed by atoms with Crippen molar-refractivity contribution >= 4 is 54.3 Å². The van der Waals surface area contributed by atoms with Crippen LogP contribution in [0.25, 0.3) is 54.3 Å². The third kappa shape index (κ3) is 22.0. The van der Waals surface area contributed by atoms with Crippen molar-refractivity contribution in [3.05, 3.63) is 182 Å². The summed E-state index contributed by atoms with van der Waals surface area (Å²) in [6.45, 7) is 29.9. The first-order valence-electron chi connectivity index (χ1n) is 24.0. The van der Waals surface area contributed by atoms with Gasteiger partial charge in [-0.15, -0.1) is 0 Å². The van der Waals surface area contributed by atoms with Gasteiger partial charge in [-0.25, -0.2) is 9.97 Å². The summed E-state index contributed by atoms with van der Waals surface area (Å²) in [5.74, 6) is 0. The highest BCUT2D eigenvalue weighted by atomic mass is 15.0. The normalized spacial score (nSPS) is 9.14. The summed E-state index contributed by atoms with van der Waals surface area (Å²) in [5, 5.41) is 8.09. The first-order valence-corrected chi connectivity index (χ1v) is 24.0. The zero-order chi connectivity index (χ0) is 52.0. The number of fused-ring (bicyclic) bond motifs is 5. The van der Waals surface area contributed by atoms with Crippen LogP contribution >= 0.6 is 0 Å². The Kier molecular flexibility index (Phi) is 33.8. The molecule has 0 N–H and O–H groups in total. The van der Waals surface area contributed by atoms with Crippen molar-refractivity contribution in [2.75, 3.05) is 21.1 Å². The van der Waals surface area contributed by atoms with Gasteiger partial charge >= 0.3 is 0 Å². The average Bonchev–Trinajstić information content (AvgIpc) is 3.41. The predicted octanol–water partition coefficient (Wildman–Crippen LogP) is 15.0. The van der Waals surface area contributed by atoms with Crippen LogP contribution in [0.15, 0.2) is 153 Å². The monoisotopic (exact) mass is 930 g/mol. The van der Waals surface area contributed by atoms with Gasteiger partial charge in [-0.2, -0.15) is 0 Å². The van der Waals surface area contributed by atoms with Gasteiger partial charge in [0.05, 0.1) is 22.2 Å². The molecule has 11 nitrogen and oxygen atoms in total. The maximum Gasteiger partial charge on any atom is 0.116 e. The molecule has 366 valence electrons. The minimum Gasteiger partial charge on any atom is -0.312 e. The van der Waals surface area contributed by atoms with Gasteiger partial charge in [-0.05, 0) is 122 Å². The number of hydrogen-bond donors (Lipinski definition) is 0. The van der Waals surface area contributed by atoms with E-state index in [0.717, 1.165) is 72.0 Å². The molecule has 0 aliphatic rings. The molecule has 9 heterocycles. The molecule has 0 aliphatic heterocycles. The third-order valence-electron chi connectivity index (χ3n) is 8.71. The molecule has 0 spiro atoms. The van der Waals surface area contributed by atoms with Crippen LogP contribution in [0.5, 0.6) is 0 Å². The molecule has 0 aliphatic carbocycles. The fourth-order valence-corrected chi connectivity index (χ4v) is 5.75. The standard InChI is InChI=1S/5C9H8N2.C3H9N.5C2H6/c1-7-9-3-4-10-6-8(9)2-5-11-7;1-7-9-6-10-4-2-8(9)3-5-11-7;1-7-8-3-2-5-11-9(8)4-6-10-7;1-7-9-8(4-6-10-7)3-2-5-11-9;1-7-8-4-2-3-5-9(8)11-6-10-7;1-4(2)3;5*1-2/h5*2-6H,1H3;1-3H3;5*1-2H3. The SMILES string of the molecule is CC.CC.CC.CC.CC.CN(C)C.Cc1nccc2cccnc12.Cc1nccc2ccncc12.Cc1nccc2cnccc12.Cc1nccc2ncccc12.Cc1ncnc2ccccc12. The summed E-state index contributed by atoms with van der Waals surface area (Å²) in [6, 6.07) is 27.8. The Morgan fingerprint density at radius 2 is 0.739 bits per heavy atom. The van der Waals surface area contributed by atoms with E-state index in [1.54, 1.807) is 49.7 Å². The number of rotatable bonds is 0. The van der Waals surface area contributed by atoms with E-state index in [0.29, 0.717) is 0 Å². The van der Waals surface area contributed by atoms with E-state index in [2.05, 4.69) is 49.8 Å². The summed E-state index contributed by atoms with van der Waals surface area (Å²) in [6.07, 6.45) is 19.7. The van der Waals surface area contributed by atoms with Gasteiger partial charge in [-0.3, -0.25) is 39.9 Å². The first kappa shape index (κ1) is 61.8. The molecule has 9 aromatic heterocycles. The highest BCUT2D eigenvalue weighted by molar-refractivity contribution is 5.84. The molecule has 1 aromatic carbocycles. The van der Waals surface area contributed by atoms with E-state index in [4.69, 9.17) is 0 Å². The lowest BCUT2D eigenvalue weighted by Crippen LogP contribution is -1.99. The van der Waals surface area contributed by atoms with Gasteiger partial charge in [0.15, 0.2) is 0 Å². The fraction of sp³-hybridized carbons (Fsp3) is 0.310. The Labute approximate surface area is 414 Å². The summed E-state index contributed by atoms with van der Waals surface area (Å²) in [7, 11) is 6.00. The van der Waals surface area contributed by atoms with Gasteiger partial charge in [0, 0.05) is 117 Å². The van der Waals surface area contributed by atoms with E-state index in [1.165, 1.54) is 10.8 Å². The fourth-order valence-electron chi connectivity index (χ4n) is 5.75. The van der Waals surface area contributed by atoms with E-state index < -0.39 is 0 Å². The number of nitrogens with zero attached hydrogens (tertiary/aromatic N) is 11. The zero-order valence-electron chi connectivity index (χ0n) is 44.9. The largest absolute Gasteiger partial charge is 0.312 e. The predicted molar refractivity (Wildman–Crippen MR) is 298 cm³/mol. The molecule has 11 heteroatoms. The highest BCUT2D eigenvalue weighted by Gasteiger charge is 1.98. The lowest BCUT2D eigenvalue weighted by molar-refractivity contribution is 0.505. The van der Waals surface area contributed by atoms with Crippen molar-refractivity contribution in [2.24, 2.45) is 0 Å². The van der Waals surface area contributed by atoms with Crippen LogP contribution in [0.2, 0.25) is 0 Å². The Hall–Kier alpha value is -7.24. The Morgan fingerprint density at radius 1 is 0.304 bits per heavy atom. The first-order chi connectivity index (χ1) is 33.6. The molecule has 0 radical (unpaired) electrons. The van der Waals surface area contributed by atoms with Crippen LogP contribution in [-0.4, -0.2) is 75.9 Å². The van der Waals surface area contributed by atoms with Gasteiger partial charge in [0.2, 0.25) is 0 Å². The molecule has 0 saturated carbocycles. The van der Waals surface area contributed by atoms with Gasteiger partial charge < -0.3 is 4.90 Å². The molecule has 0 atom stereocenters. The number of aromatic nitrogens is 10. The minimum absolute atomic E-state index is 0.989. The summed E-state index contributed by atoms with van der Waals surface area (Å²) in [4.78, 5) is 43.4. The zero-order valence-corrected chi connectivity index (χ0v) is 44.9. The molecule has 0 unspecified atom stereocenters. The van der Waals surface area contributed by atoms with Crippen molar-refractivity contribution in [2.45, 2.75) is 104 Å². The van der Waals surface area contributed by atoms with Gasteiger partial charge in [-0.1, -0.05) is 93.5 Å². The van der Waals surface area contributed by atoms with Gasteiger partial charge in [0.1, 0.15) is 6.33 Å². The number of para-hydroxylation sites is 1. The molecule has 0 fully saturated rings. The van der Waals surface area contributed by atoms with Crippen LogP contribution in [0.4, 0.5) is 0 Å². The molecule has 0 saturated heterocycles. The molecule has 10 aromatic rings. The summed E-state index contributed by atoms with van der Waals surface area (Å²) in [5.41, 5.74) is 8.19. The minimum atomic E-state index is 0.989. The van der Waals surface area contributed by atoms with Gasteiger partial charge in [0.25, 0.3) is 0 Å². The van der Waals surface area contributed by atoms with Crippen LogP contribution < -0.4 is 0 Å². The summed E-state index contributed by atoms with van der Waals surface area (Å²) >= 11 is 0. The second-order valence-corrected chi connectivity index (χ2v) is 13.7. The van der Waals surface area contributed by atoms with E-state index in [9.17, 15) is 0 Å². The molecule has 0 amide bonds. The van der Waals surface area contributed by atoms with Crippen molar-refractivity contribution in [1.29, 1.82) is 0 Å². The molecule has 0 bridgehead atoms. The van der Waals surface area contributed by atoms with Crippen LogP contribution in [0.3, 0.4) is 0 Å². The second kappa shape index (κ2) is 37.8. The Balaban J connectivity index is 0.000000786. The second-order valence-electron chi connectivity index (χ2n) is 13.7. The summed E-state index contributed by atoms with van der Waals surface area (Å²) < 4.78 is 0.